The zero-order chi connectivity index (χ0) is 22.6. The molecule has 0 fully saturated rings. The number of nitrogens with zero attached hydrogens (tertiary/aromatic N) is 2. The third-order valence-electron chi connectivity index (χ3n) is 5.54. The molecule has 1 unspecified atom stereocenters. The molecule has 0 aliphatic carbocycles. The fourth-order valence-corrected chi connectivity index (χ4v) is 5.05. The lowest BCUT2D eigenvalue weighted by molar-refractivity contribution is 0.101. The number of carbonyl (C=O) groups is 1. The average Bonchev–Trinajstić information content (AvgIpc) is 3.10. The molecule has 0 bridgehead atoms. The van der Waals surface area contributed by atoms with Crippen molar-refractivity contribution in [3.8, 4) is 5.75 Å². The van der Waals surface area contributed by atoms with Gasteiger partial charge in [-0.1, -0.05) is 26.8 Å². The van der Waals surface area contributed by atoms with Crippen molar-refractivity contribution < 1.29 is 17.9 Å². The van der Waals surface area contributed by atoms with Crippen LogP contribution < -0.4 is 4.74 Å². The van der Waals surface area contributed by atoms with E-state index < -0.39 is 21.4 Å². The number of carbonyl (C=O) groups excluding carboxylic acids is 1. The number of Topliss-reactive ketones (excluding diaryl/α,β-unsaturated/α-hetero) is 1. The second-order valence-corrected chi connectivity index (χ2v) is 10.1. The van der Waals surface area contributed by atoms with Crippen molar-refractivity contribution >= 4 is 26.5 Å². The van der Waals surface area contributed by atoms with Gasteiger partial charge in [0.15, 0.2) is 15.6 Å². The molecule has 0 saturated heterocycles. The minimum Gasteiger partial charge on any atom is -0.497 e. The molecule has 0 N–H and O–H groups in total. The summed E-state index contributed by atoms with van der Waals surface area (Å²) in [6.07, 6.45) is 1.49. The molecule has 2 heterocycles. The Morgan fingerprint density at radius 2 is 1.94 bits per heavy atom. The van der Waals surface area contributed by atoms with Gasteiger partial charge in [0, 0.05) is 16.6 Å². The molecule has 0 amide bonds. The van der Waals surface area contributed by atoms with Crippen LogP contribution in [0.25, 0.3) is 10.9 Å². The number of rotatable bonds is 10. The second-order valence-electron chi connectivity index (χ2n) is 7.92. The van der Waals surface area contributed by atoms with Gasteiger partial charge in [0.05, 0.1) is 25.1 Å². The highest BCUT2D eigenvalue weighted by atomic mass is 32.2. The van der Waals surface area contributed by atoms with Crippen molar-refractivity contribution in [1.82, 2.24) is 9.55 Å². The summed E-state index contributed by atoms with van der Waals surface area (Å²) < 4.78 is 31.7. The van der Waals surface area contributed by atoms with Crippen LogP contribution in [0.4, 0.5) is 0 Å². The van der Waals surface area contributed by atoms with Crippen LogP contribution in [0.5, 0.6) is 5.75 Å². The first-order valence-electron chi connectivity index (χ1n) is 10.6. The molecular formula is C24H30N2O4S. The first-order valence-corrected chi connectivity index (χ1v) is 12.5. The largest absolute Gasteiger partial charge is 0.497 e. The number of benzene rings is 1. The molecule has 0 saturated carbocycles. The van der Waals surface area contributed by atoms with E-state index in [1.807, 2.05) is 24.3 Å². The number of hydrogen-bond acceptors (Lipinski definition) is 5. The third kappa shape index (κ3) is 5.34. The number of methoxy groups -OCH3 is 1. The Labute approximate surface area is 184 Å². The van der Waals surface area contributed by atoms with Crippen molar-refractivity contribution in [3.63, 3.8) is 0 Å². The number of hydrogen-bond donors (Lipinski definition) is 0. The van der Waals surface area contributed by atoms with Crippen molar-refractivity contribution in [1.29, 1.82) is 0 Å². The number of ketones is 1. The molecule has 0 spiro atoms. The van der Waals surface area contributed by atoms with E-state index in [0.29, 0.717) is 18.9 Å². The van der Waals surface area contributed by atoms with E-state index in [1.54, 1.807) is 26.2 Å². The summed E-state index contributed by atoms with van der Waals surface area (Å²) in [5.74, 6) is 0.207. The maximum absolute atomic E-state index is 12.5. The molecule has 3 rings (SSSR count). The molecule has 7 heteroatoms. The van der Waals surface area contributed by atoms with Gasteiger partial charge >= 0.3 is 0 Å². The molecule has 0 aliphatic rings. The maximum atomic E-state index is 12.5. The van der Waals surface area contributed by atoms with Crippen molar-refractivity contribution in [2.45, 2.75) is 46.1 Å². The van der Waals surface area contributed by atoms with E-state index in [4.69, 9.17) is 4.74 Å². The van der Waals surface area contributed by atoms with Gasteiger partial charge in [0.25, 0.3) is 0 Å². The fourth-order valence-electron chi connectivity index (χ4n) is 3.73. The van der Waals surface area contributed by atoms with Crippen LogP contribution in [0, 0.1) is 0 Å². The second kappa shape index (κ2) is 9.64. The van der Waals surface area contributed by atoms with E-state index in [1.165, 1.54) is 5.69 Å². The topological polar surface area (TPSA) is 78.3 Å². The Morgan fingerprint density at radius 3 is 2.61 bits per heavy atom. The van der Waals surface area contributed by atoms with E-state index >= 15 is 0 Å². The van der Waals surface area contributed by atoms with E-state index in [2.05, 4.69) is 29.5 Å². The van der Waals surface area contributed by atoms with Crippen molar-refractivity contribution in [3.05, 3.63) is 59.5 Å². The molecule has 3 aromatic rings. The van der Waals surface area contributed by atoms with Gasteiger partial charge in [0.2, 0.25) is 0 Å². The van der Waals surface area contributed by atoms with Crippen LogP contribution in [-0.2, 0) is 16.4 Å². The van der Waals surface area contributed by atoms with Gasteiger partial charge < -0.3 is 9.30 Å². The number of ether oxygens (including phenoxy) is 1. The van der Waals surface area contributed by atoms with Gasteiger partial charge in [-0.3, -0.25) is 4.79 Å². The monoisotopic (exact) mass is 442 g/mol. The highest BCUT2D eigenvalue weighted by Crippen LogP contribution is 2.30. The van der Waals surface area contributed by atoms with E-state index in [0.717, 1.165) is 28.8 Å². The van der Waals surface area contributed by atoms with Crippen molar-refractivity contribution in [2.75, 3.05) is 18.6 Å². The van der Waals surface area contributed by atoms with Crippen LogP contribution in [-0.4, -0.2) is 42.4 Å². The fraction of sp³-hybridized carbons (Fsp3) is 0.417. The molecular weight excluding hydrogens is 412 g/mol. The Balaban J connectivity index is 1.95. The predicted molar refractivity (Wildman–Crippen MR) is 124 cm³/mol. The lowest BCUT2D eigenvalue weighted by Gasteiger charge is -2.15. The zero-order valence-electron chi connectivity index (χ0n) is 18.6. The quantitative estimate of drug-likeness (QED) is 0.428. The van der Waals surface area contributed by atoms with Crippen LogP contribution >= 0.6 is 0 Å². The average molecular weight is 443 g/mol. The molecule has 0 radical (unpaired) electrons. The molecule has 166 valence electrons. The van der Waals surface area contributed by atoms with Gasteiger partial charge in [-0.05, 0) is 55.2 Å². The van der Waals surface area contributed by atoms with Crippen LogP contribution in [0.2, 0.25) is 0 Å². The number of sulfone groups is 1. The van der Waals surface area contributed by atoms with Gasteiger partial charge in [-0.2, -0.15) is 0 Å². The van der Waals surface area contributed by atoms with Gasteiger partial charge in [-0.15, -0.1) is 0 Å². The Morgan fingerprint density at radius 1 is 1.16 bits per heavy atom. The zero-order valence-corrected chi connectivity index (χ0v) is 19.4. The molecule has 1 aromatic carbocycles. The molecule has 31 heavy (non-hydrogen) atoms. The standard InChI is InChI=1S/C24H30N2O4S/c1-5-12-31(28,29)16-24(27)21-9-7-8-19(25-21)15-26-22-11-10-20(30-4)13-18(22)14-23(26)17(3)6-2/h7-11,13-14,17H,5-6,12,15-16H2,1-4H3. The van der Waals surface area contributed by atoms with Crippen LogP contribution in [0.15, 0.2) is 42.5 Å². The summed E-state index contributed by atoms with van der Waals surface area (Å²) >= 11 is 0. The lowest BCUT2D eigenvalue weighted by Crippen LogP contribution is -2.20. The van der Waals surface area contributed by atoms with Crippen molar-refractivity contribution in [2.24, 2.45) is 0 Å². The van der Waals surface area contributed by atoms with E-state index in [9.17, 15) is 13.2 Å². The first-order chi connectivity index (χ1) is 14.8. The molecule has 6 nitrogen and oxygen atoms in total. The lowest BCUT2D eigenvalue weighted by atomic mass is 10.0. The Hall–Kier alpha value is -2.67. The summed E-state index contributed by atoms with van der Waals surface area (Å²) in [5, 5.41) is 1.09. The normalized spacial score (nSPS) is 12.8. The molecule has 1 atom stereocenters. The SMILES string of the molecule is CCCS(=O)(=O)CC(=O)c1cccc(Cn2c(C(C)CC)cc3cc(OC)ccc32)n1. The molecule has 2 aromatic heterocycles. The minimum absolute atomic E-state index is 0.00944. The first kappa shape index (κ1) is 23.0. The predicted octanol–water partition coefficient (Wildman–Crippen LogP) is 4.61. The Bertz CT molecular complexity index is 1180. The number of fused-ring (bicyclic) bond motifs is 1. The van der Waals surface area contributed by atoms with E-state index in [-0.39, 0.29) is 11.4 Å². The van der Waals surface area contributed by atoms with Gasteiger partial charge in [-0.25, -0.2) is 13.4 Å². The summed E-state index contributed by atoms with van der Waals surface area (Å²) in [6.45, 7) is 6.63. The van der Waals surface area contributed by atoms with Gasteiger partial charge in [0.1, 0.15) is 17.2 Å². The summed E-state index contributed by atoms with van der Waals surface area (Å²) in [6, 6.07) is 13.4. The number of aromatic nitrogens is 2. The maximum Gasteiger partial charge on any atom is 0.196 e. The van der Waals surface area contributed by atoms with Crippen LogP contribution in [0.1, 0.15) is 61.4 Å². The molecule has 0 aliphatic heterocycles. The smallest absolute Gasteiger partial charge is 0.196 e. The summed E-state index contributed by atoms with van der Waals surface area (Å²) in [5.41, 5.74) is 3.17. The summed E-state index contributed by atoms with van der Waals surface area (Å²) in [7, 11) is -1.75. The highest BCUT2D eigenvalue weighted by Gasteiger charge is 2.19. The van der Waals surface area contributed by atoms with Crippen LogP contribution in [0.3, 0.4) is 0 Å². The summed E-state index contributed by atoms with van der Waals surface area (Å²) in [4.78, 5) is 17.0. The minimum atomic E-state index is -3.41. The third-order valence-corrected chi connectivity index (χ3v) is 7.27. The number of pyridine rings is 1. The Kier molecular flexibility index (Phi) is 7.15. The highest BCUT2D eigenvalue weighted by molar-refractivity contribution is 7.92.